The molecule has 1 saturated carbocycles. The van der Waals surface area contributed by atoms with Crippen molar-refractivity contribution in [1.29, 1.82) is 0 Å². The van der Waals surface area contributed by atoms with Gasteiger partial charge in [0.25, 0.3) is 0 Å². The van der Waals surface area contributed by atoms with Crippen molar-refractivity contribution < 1.29 is 9.59 Å². The van der Waals surface area contributed by atoms with E-state index in [2.05, 4.69) is 0 Å². The number of rotatable bonds is 3. The summed E-state index contributed by atoms with van der Waals surface area (Å²) in [6.07, 6.45) is 5.47. The molecule has 96 valence electrons. The zero-order valence-electron chi connectivity index (χ0n) is 10.7. The van der Waals surface area contributed by atoms with Gasteiger partial charge in [0.2, 0.25) is 5.91 Å². The van der Waals surface area contributed by atoms with Crippen molar-refractivity contribution in [2.24, 2.45) is 5.92 Å². The van der Waals surface area contributed by atoms with E-state index in [0.29, 0.717) is 18.9 Å². The van der Waals surface area contributed by atoms with Crippen molar-refractivity contribution in [2.75, 3.05) is 33.2 Å². The molecule has 1 amide bonds. The van der Waals surface area contributed by atoms with E-state index in [1.54, 1.807) is 4.90 Å². The average Bonchev–Trinajstić information content (AvgIpc) is 2.77. The molecule has 0 aromatic heterocycles. The van der Waals surface area contributed by atoms with E-state index in [4.69, 9.17) is 0 Å². The fourth-order valence-electron chi connectivity index (χ4n) is 2.78. The second-order valence-corrected chi connectivity index (χ2v) is 5.33. The molecule has 0 aromatic rings. The number of hydrogen-bond donors (Lipinski definition) is 0. The number of likely N-dealkylation sites (N-methyl/N-ethyl adjacent to an activating group) is 1. The Morgan fingerprint density at radius 2 is 1.94 bits per heavy atom. The highest BCUT2D eigenvalue weighted by Crippen LogP contribution is 2.25. The average molecular weight is 238 g/mol. The lowest BCUT2D eigenvalue weighted by Gasteiger charge is -2.20. The van der Waals surface area contributed by atoms with E-state index in [-0.39, 0.29) is 11.8 Å². The molecule has 1 aliphatic heterocycles. The molecule has 2 fully saturated rings. The van der Waals surface area contributed by atoms with Crippen LogP contribution in [0.5, 0.6) is 0 Å². The molecule has 2 aliphatic rings. The molecule has 0 radical (unpaired) electrons. The molecule has 0 atom stereocenters. The van der Waals surface area contributed by atoms with E-state index in [1.807, 2.05) is 11.9 Å². The lowest BCUT2D eigenvalue weighted by molar-refractivity contribution is -0.130. The van der Waals surface area contributed by atoms with Gasteiger partial charge in [-0.15, -0.1) is 0 Å². The Bertz CT molecular complexity index is 298. The third-order valence-corrected chi connectivity index (χ3v) is 3.94. The molecule has 1 saturated heterocycles. The van der Waals surface area contributed by atoms with Crippen molar-refractivity contribution >= 4 is 11.7 Å². The Morgan fingerprint density at radius 1 is 1.24 bits per heavy atom. The maximum absolute atomic E-state index is 12.0. The first-order valence-corrected chi connectivity index (χ1v) is 6.66. The first-order valence-electron chi connectivity index (χ1n) is 6.66. The van der Waals surface area contributed by atoms with Crippen LogP contribution in [-0.2, 0) is 9.59 Å². The first-order chi connectivity index (χ1) is 8.16. The Kier molecular flexibility index (Phi) is 4.15. The summed E-state index contributed by atoms with van der Waals surface area (Å²) in [6.45, 7) is 2.57. The van der Waals surface area contributed by atoms with Crippen LogP contribution in [0.15, 0.2) is 0 Å². The third-order valence-electron chi connectivity index (χ3n) is 3.94. The second-order valence-electron chi connectivity index (χ2n) is 5.33. The van der Waals surface area contributed by atoms with E-state index in [9.17, 15) is 9.59 Å². The minimum Gasteiger partial charge on any atom is -0.345 e. The predicted molar refractivity (Wildman–Crippen MR) is 65.7 cm³/mol. The Labute approximate surface area is 103 Å². The maximum Gasteiger partial charge on any atom is 0.236 e. The lowest BCUT2D eigenvalue weighted by Crippen LogP contribution is -2.38. The van der Waals surface area contributed by atoms with E-state index in [1.165, 1.54) is 12.8 Å². The van der Waals surface area contributed by atoms with Crippen molar-refractivity contribution in [3.63, 3.8) is 0 Å². The number of amides is 1. The van der Waals surface area contributed by atoms with Gasteiger partial charge in [0.05, 0.1) is 13.1 Å². The molecular formula is C13H22N2O2. The third kappa shape index (κ3) is 3.28. The molecule has 0 unspecified atom stereocenters. The van der Waals surface area contributed by atoms with Gasteiger partial charge in [0.15, 0.2) is 0 Å². The van der Waals surface area contributed by atoms with Crippen molar-refractivity contribution in [3.8, 4) is 0 Å². The summed E-state index contributed by atoms with van der Waals surface area (Å²) in [7, 11) is 1.84. The van der Waals surface area contributed by atoms with Crippen molar-refractivity contribution in [2.45, 2.75) is 32.1 Å². The molecule has 0 N–H and O–H groups in total. The molecule has 0 bridgehead atoms. The van der Waals surface area contributed by atoms with Gasteiger partial charge in [0, 0.05) is 26.1 Å². The standard InChI is InChI=1S/C13H22N2O2/c1-14-7-4-8-15(10-13(14)17)9-12(16)11-5-2-3-6-11/h11H,2-10H2,1H3. The second kappa shape index (κ2) is 5.63. The van der Waals surface area contributed by atoms with Crippen LogP contribution in [0.1, 0.15) is 32.1 Å². The van der Waals surface area contributed by atoms with Gasteiger partial charge in [-0.25, -0.2) is 0 Å². The van der Waals surface area contributed by atoms with Gasteiger partial charge < -0.3 is 4.90 Å². The smallest absolute Gasteiger partial charge is 0.236 e. The number of carbonyl (C=O) groups is 2. The van der Waals surface area contributed by atoms with Gasteiger partial charge in [-0.05, 0) is 19.3 Å². The highest BCUT2D eigenvalue weighted by Gasteiger charge is 2.26. The summed E-state index contributed by atoms with van der Waals surface area (Å²) < 4.78 is 0. The van der Waals surface area contributed by atoms with Gasteiger partial charge in [-0.1, -0.05) is 12.8 Å². The Balaban J connectivity index is 1.85. The first kappa shape index (κ1) is 12.6. The van der Waals surface area contributed by atoms with Gasteiger partial charge in [0.1, 0.15) is 5.78 Å². The maximum atomic E-state index is 12.0. The zero-order valence-corrected chi connectivity index (χ0v) is 10.7. The number of nitrogens with zero attached hydrogens (tertiary/aromatic N) is 2. The van der Waals surface area contributed by atoms with Crippen LogP contribution < -0.4 is 0 Å². The Morgan fingerprint density at radius 3 is 2.65 bits per heavy atom. The van der Waals surface area contributed by atoms with Crippen LogP contribution >= 0.6 is 0 Å². The summed E-state index contributed by atoms with van der Waals surface area (Å²) in [5, 5.41) is 0. The largest absolute Gasteiger partial charge is 0.345 e. The fourth-order valence-corrected chi connectivity index (χ4v) is 2.78. The Hall–Kier alpha value is -0.900. The summed E-state index contributed by atoms with van der Waals surface area (Å²) in [4.78, 5) is 27.5. The SMILES string of the molecule is CN1CCCN(CC(=O)C2CCCC2)CC1=O. The van der Waals surface area contributed by atoms with Crippen molar-refractivity contribution in [1.82, 2.24) is 9.80 Å². The van der Waals surface area contributed by atoms with E-state index in [0.717, 1.165) is 32.4 Å². The molecule has 0 aromatic carbocycles. The van der Waals surface area contributed by atoms with Crippen LogP contribution in [0.25, 0.3) is 0 Å². The van der Waals surface area contributed by atoms with Crippen LogP contribution in [0.4, 0.5) is 0 Å². The van der Waals surface area contributed by atoms with Gasteiger partial charge in [-0.2, -0.15) is 0 Å². The zero-order chi connectivity index (χ0) is 12.3. The van der Waals surface area contributed by atoms with Crippen LogP contribution in [0.2, 0.25) is 0 Å². The quantitative estimate of drug-likeness (QED) is 0.734. The predicted octanol–water partition coefficient (Wildman–Crippen LogP) is 0.910. The number of carbonyl (C=O) groups excluding carboxylic acids is 2. The van der Waals surface area contributed by atoms with Gasteiger partial charge in [-0.3, -0.25) is 14.5 Å². The van der Waals surface area contributed by atoms with Gasteiger partial charge >= 0.3 is 0 Å². The summed E-state index contributed by atoms with van der Waals surface area (Å²) in [5.41, 5.74) is 0. The van der Waals surface area contributed by atoms with Crippen LogP contribution in [0, 0.1) is 5.92 Å². The highest BCUT2D eigenvalue weighted by atomic mass is 16.2. The molecule has 4 heteroatoms. The molecule has 1 aliphatic carbocycles. The molecule has 17 heavy (non-hydrogen) atoms. The van der Waals surface area contributed by atoms with E-state index < -0.39 is 0 Å². The molecule has 1 heterocycles. The van der Waals surface area contributed by atoms with Crippen molar-refractivity contribution in [3.05, 3.63) is 0 Å². The number of ketones is 1. The van der Waals surface area contributed by atoms with E-state index >= 15 is 0 Å². The summed E-state index contributed by atoms with van der Waals surface area (Å²) in [5.74, 6) is 0.757. The monoisotopic (exact) mass is 238 g/mol. The minimum atomic E-state index is 0.140. The molecular weight excluding hydrogens is 216 g/mol. The summed E-state index contributed by atoms with van der Waals surface area (Å²) >= 11 is 0. The lowest BCUT2D eigenvalue weighted by atomic mass is 10.0. The highest BCUT2D eigenvalue weighted by molar-refractivity contribution is 5.84. The number of Topliss-reactive ketones (excluding diaryl/α,β-unsaturated/α-hetero) is 1. The molecule has 4 nitrogen and oxygen atoms in total. The minimum absolute atomic E-state index is 0.140. The van der Waals surface area contributed by atoms with Crippen LogP contribution in [-0.4, -0.2) is 54.7 Å². The number of hydrogen-bond acceptors (Lipinski definition) is 3. The normalized spacial score (nSPS) is 24.1. The topological polar surface area (TPSA) is 40.6 Å². The fraction of sp³-hybridized carbons (Fsp3) is 0.846. The van der Waals surface area contributed by atoms with Crippen LogP contribution in [0.3, 0.4) is 0 Å². The molecule has 2 rings (SSSR count). The molecule has 0 spiro atoms. The summed E-state index contributed by atoms with van der Waals surface area (Å²) in [6, 6.07) is 0.